The summed E-state index contributed by atoms with van der Waals surface area (Å²) in [7, 11) is 0. The molecule has 0 radical (unpaired) electrons. The number of pyridine rings is 1. The average molecular weight is 383 g/mol. The Morgan fingerprint density at radius 1 is 0.857 bits per heavy atom. The van der Waals surface area contributed by atoms with Crippen LogP contribution in [0.15, 0.2) is 85.1 Å². The van der Waals surface area contributed by atoms with Crippen LogP contribution in [-0.4, -0.2) is 15.7 Å². The number of carbonyl (C=O) groups excluding carboxylic acids is 1. The quantitative estimate of drug-likeness (QED) is 0.344. The first-order valence-corrected chi connectivity index (χ1v) is 9.33. The molecule has 0 atom stereocenters. The van der Waals surface area contributed by atoms with Gasteiger partial charge in [0.2, 0.25) is 0 Å². The zero-order valence-corrected chi connectivity index (χ0v) is 15.6. The number of hydrogen-bond donors (Lipinski definition) is 0. The van der Waals surface area contributed by atoms with E-state index in [1.54, 1.807) is 0 Å². The molecule has 0 saturated carbocycles. The Labute approximate surface area is 166 Å². The molecule has 4 heteroatoms. The summed E-state index contributed by atoms with van der Waals surface area (Å²) in [6.45, 7) is 0. The number of nitrogens with zero attached hydrogens (tertiary/aromatic N) is 2. The minimum atomic E-state index is 0.650. The Hall–Kier alpha value is -3.43. The van der Waals surface area contributed by atoms with Crippen LogP contribution in [0.4, 0.5) is 0 Å². The molecule has 0 aliphatic carbocycles. The third-order valence-electron chi connectivity index (χ3n) is 4.98. The number of aromatic nitrogens is 2. The fourth-order valence-electron chi connectivity index (χ4n) is 3.65. The van der Waals surface area contributed by atoms with Gasteiger partial charge < -0.3 is 0 Å². The third-order valence-corrected chi connectivity index (χ3v) is 5.23. The number of fused-ring (bicyclic) bond motifs is 3. The van der Waals surface area contributed by atoms with Crippen LogP contribution in [0.2, 0.25) is 5.02 Å². The van der Waals surface area contributed by atoms with Crippen molar-refractivity contribution >= 4 is 34.4 Å². The molecule has 0 saturated heterocycles. The number of rotatable bonds is 3. The molecule has 5 aromatic rings. The normalized spacial score (nSPS) is 11.2. The number of carbonyl (C=O) groups is 1. The van der Waals surface area contributed by atoms with Crippen LogP contribution in [0, 0.1) is 0 Å². The van der Waals surface area contributed by atoms with Crippen LogP contribution in [0.3, 0.4) is 0 Å². The van der Waals surface area contributed by atoms with Crippen molar-refractivity contribution in [2.75, 3.05) is 0 Å². The maximum atomic E-state index is 11.4. The first-order valence-electron chi connectivity index (χ1n) is 8.95. The molecule has 0 N–H and O–H groups in total. The highest BCUT2D eigenvalue weighted by atomic mass is 35.5. The van der Waals surface area contributed by atoms with Crippen molar-refractivity contribution in [1.82, 2.24) is 9.38 Å². The van der Waals surface area contributed by atoms with Crippen LogP contribution in [0.1, 0.15) is 10.4 Å². The number of aldehydes is 1. The lowest BCUT2D eigenvalue weighted by Gasteiger charge is -2.12. The zero-order valence-electron chi connectivity index (χ0n) is 14.8. The molecule has 3 nitrogen and oxygen atoms in total. The summed E-state index contributed by atoms with van der Waals surface area (Å²) in [5.41, 5.74) is 6.67. The minimum Gasteiger partial charge on any atom is -0.298 e. The second kappa shape index (κ2) is 6.63. The SMILES string of the molecule is O=Cc1ccc2c(c1)c(-c1ccccc1)cc1ncc(-c3ccc(Cl)cc3)n12. The summed E-state index contributed by atoms with van der Waals surface area (Å²) in [5.74, 6) is 0. The molecule has 2 aromatic heterocycles. The van der Waals surface area contributed by atoms with Crippen LogP contribution < -0.4 is 0 Å². The molecule has 0 spiro atoms. The number of halogens is 1. The first-order chi connectivity index (χ1) is 13.7. The maximum absolute atomic E-state index is 11.4. The van der Waals surface area contributed by atoms with E-state index in [2.05, 4.69) is 27.6 Å². The van der Waals surface area contributed by atoms with Gasteiger partial charge in [-0.15, -0.1) is 0 Å². The largest absolute Gasteiger partial charge is 0.298 e. The molecule has 5 rings (SSSR count). The van der Waals surface area contributed by atoms with Crippen molar-refractivity contribution in [2.45, 2.75) is 0 Å². The second-order valence-corrected chi connectivity index (χ2v) is 7.10. The van der Waals surface area contributed by atoms with E-state index in [0.717, 1.165) is 45.2 Å². The Bertz CT molecular complexity index is 1320. The molecule has 28 heavy (non-hydrogen) atoms. The topological polar surface area (TPSA) is 34.4 Å². The molecule has 3 aromatic carbocycles. The standard InChI is InChI=1S/C24H15ClN2O/c25-19-9-7-18(8-10-19)23-14-26-24-13-20(17-4-2-1-3-5-17)21-12-16(15-28)6-11-22(21)27(23)24/h1-15H. The molecule has 0 fully saturated rings. The van der Waals surface area contributed by atoms with Crippen LogP contribution >= 0.6 is 11.6 Å². The highest BCUT2D eigenvalue weighted by molar-refractivity contribution is 6.30. The van der Waals surface area contributed by atoms with Gasteiger partial charge in [0.05, 0.1) is 17.4 Å². The second-order valence-electron chi connectivity index (χ2n) is 6.66. The van der Waals surface area contributed by atoms with E-state index < -0.39 is 0 Å². The molecule has 0 aliphatic rings. The van der Waals surface area contributed by atoms with Gasteiger partial charge in [0.25, 0.3) is 0 Å². The van der Waals surface area contributed by atoms with E-state index in [1.807, 2.05) is 66.9 Å². The van der Waals surface area contributed by atoms with Gasteiger partial charge in [0, 0.05) is 21.5 Å². The monoisotopic (exact) mass is 382 g/mol. The molecule has 0 bridgehead atoms. The number of benzene rings is 3. The molecule has 2 heterocycles. The molecular weight excluding hydrogens is 368 g/mol. The van der Waals surface area contributed by atoms with E-state index in [-0.39, 0.29) is 0 Å². The lowest BCUT2D eigenvalue weighted by Crippen LogP contribution is -1.95. The summed E-state index contributed by atoms with van der Waals surface area (Å²) in [5, 5.41) is 1.71. The molecule has 134 valence electrons. The van der Waals surface area contributed by atoms with Crippen molar-refractivity contribution in [3.05, 3.63) is 95.6 Å². The summed E-state index contributed by atoms with van der Waals surface area (Å²) in [6.07, 6.45) is 2.76. The van der Waals surface area contributed by atoms with Gasteiger partial charge in [-0.25, -0.2) is 4.98 Å². The van der Waals surface area contributed by atoms with Crippen molar-refractivity contribution in [2.24, 2.45) is 0 Å². The predicted octanol–water partition coefficient (Wildman–Crippen LogP) is 6.29. The van der Waals surface area contributed by atoms with E-state index in [1.165, 1.54) is 0 Å². The third kappa shape index (κ3) is 2.68. The van der Waals surface area contributed by atoms with E-state index in [4.69, 9.17) is 11.6 Å². The van der Waals surface area contributed by atoms with Crippen LogP contribution in [0.25, 0.3) is 38.9 Å². The van der Waals surface area contributed by atoms with Crippen LogP contribution in [0.5, 0.6) is 0 Å². The van der Waals surface area contributed by atoms with Gasteiger partial charge in [-0.1, -0.05) is 54.1 Å². The lowest BCUT2D eigenvalue weighted by atomic mass is 9.99. The van der Waals surface area contributed by atoms with Gasteiger partial charge in [-0.2, -0.15) is 0 Å². The Balaban J connectivity index is 1.88. The molecule has 0 amide bonds. The zero-order chi connectivity index (χ0) is 19.1. The Morgan fingerprint density at radius 3 is 2.39 bits per heavy atom. The van der Waals surface area contributed by atoms with Gasteiger partial charge in [0.15, 0.2) is 0 Å². The van der Waals surface area contributed by atoms with Crippen molar-refractivity contribution in [3.63, 3.8) is 0 Å². The average Bonchev–Trinajstić information content (AvgIpc) is 3.18. The molecule has 0 aliphatic heterocycles. The maximum Gasteiger partial charge on any atom is 0.150 e. The lowest BCUT2D eigenvalue weighted by molar-refractivity contribution is 0.112. The van der Waals surface area contributed by atoms with Gasteiger partial charge in [0.1, 0.15) is 11.9 Å². The number of hydrogen-bond acceptors (Lipinski definition) is 2. The first kappa shape index (κ1) is 16.7. The van der Waals surface area contributed by atoms with E-state index in [9.17, 15) is 4.79 Å². The van der Waals surface area contributed by atoms with Gasteiger partial charge >= 0.3 is 0 Å². The highest BCUT2D eigenvalue weighted by Crippen LogP contribution is 2.34. The Kier molecular flexibility index (Phi) is 3.96. The molecular formula is C24H15ClN2O. The van der Waals surface area contributed by atoms with Crippen molar-refractivity contribution in [1.29, 1.82) is 0 Å². The fourth-order valence-corrected chi connectivity index (χ4v) is 3.77. The summed E-state index contributed by atoms with van der Waals surface area (Å²) in [6, 6.07) is 25.7. The van der Waals surface area contributed by atoms with E-state index >= 15 is 0 Å². The fraction of sp³-hybridized carbons (Fsp3) is 0. The van der Waals surface area contributed by atoms with E-state index in [0.29, 0.717) is 10.6 Å². The summed E-state index contributed by atoms with van der Waals surface area (Å²) >= 11 is 6.05. The summed E-state index contributed by atoms with van der Waals surface area (Å²) < 4.78 is 2.12. The van der Waals surface area contributed by atoms with Gasteiger partial charge in [-0.05, 0) is 47.5 Å². The molecule has 0 unspecified atom stereocenters. The van der Waals surface area contributed by atoms with Gasteiger partial charge in [-0.3, -0.25) is 9.20 Å². The highest BCUT2D eigenvalue weighted by Gasteiger charge is 2.14. The summed E-state index contributed by atoms with van der Waals surface area (Å²) in [4.78, 5) is 16.1. The van der Waals surface area contributed by atoms with Crippen molar-refractivity contribution in [3.8, 4) is 22.4 Å². The van der Waals surface area contributed by atoms with Crippen LogP contribution in [-0.2, 0) is 0 Å². The smallest absolute Gasteiger partial charge is 0.150 e. The Morgan fingerprint density at radius 2 is 1.64 bits per heavy atom. The number of imidazole rings is 1. The van der Waals surface area contributed by atoms with Crippen molar-refractivity contribution < 1.29 is 4.79 Å². The minimum absolute atomic E-state index is 0.650. The predicted molar refractivity (Wildman–Crippen MR) is 114 cm³/mol.